The van der Waals surface area contributed by atoms with E-state index < -0.39 is 0 Å². The topological polar surface area (TPSA) is 55.0 Å². The third-order valence-electron chi connectivity index (χ3n) is 3.34. The molecule has 0 bridgehead atoms. The average molecular weight is 252 g/mol. The number of nitrogen functional groups attached to an aromatic ring is 1. The summed E-state index contributed by atoms with van der Waals surface area (Å²) in [5, 5.41) is 0. The molecule has 0 aliphatic heterocycles. The van der Waals surface area contributed by atoms with Crippen LogP contribution in [0.25, 0.3) is 11.0 Å². The summed E-state index contributed by atoms with van der Waals surface area (Å²) >= 11 is 0. The summed E-state index contributed by atoms with van der Waals surface area (Å²) in [5.41, 5.74) is 7.70. The van der Waals surface area contributed by atoms with Gasteiger partial charge < -0.3 is 10.6 Å². The Bertz CT molecular complexity index is 640. The van der Waals surface area contributed by atoms with E-state index >= 15 is 0 Å². The van der Waals surface area contributed by atoms with Crippen LogP contribution in [-0.2, 0) is 0 Å². The van der Waals surface area contributed by atoms with Crippen molar-refractivity contribution in [2.75, 3.05) is 23.7 Å². The van der Waals surface area contributed by atoms with E-state index in [1.54, 1.807) is 0 Å². The molecule has 0 spiro atoms. The van der Waals surface area contributed by atoms with Crippen molar-refractivity contribution in [2.45, 2.75) is 12.8 Å². The molecule has 2 aromatic rings. The van der Waals surface area contributed by atoms with Gasteiger partial charge in [0.15, 0.2) is 11.6 Å². The molecule has 19 heavy (non-hydrogen) atoms. The summed E-state index contributed by atoms with van der Waals surface area (Å²) in [7, 11) is 0. The van der Waals surface area contributed by atoms with Crippen LogP contribution in [0.1, 0.15) is 12.8 Å². The minimum atomic E-state index is 0.453. The number of rotatable bonds is 4. The van der Waals surface area contributed by atoms with E-state index in [0.717, 1.165) is 23.5 Å². The minimum Gasteiger partial charge on any atom is -0.381 e. The summed E-state index contributed by atoms with van der Waals surface area (Å²) in [6, 6.07) is 7.73. The molecule has 1 aromatic heterocycles. The fourth-order valence-electron chi connectivity index (χ4n) is 2.19. The van der Waals surface area contributed by atoms with Gasteiger partial charge in [-0.2, -0.15) is 0 Å². The van der Waals surface area contributed by atoms with Crippen molar-refractivity contribution in [2.24, 2.45) is 5.92 Å². The first-order valence-corrected chi connectivity index (χ1v) is 6.48. The summed E-state index contributed by atoms with van der Waals surface area (Å²) < 4.78 is 0. The van der Waals surface area contributed by atoms with Crippen molar-refractivity contribution in [3.05, 3.63) is 24.3 Å². The largest absolute Gasteiger partial charge is 0.381 e. The maximum Gasteiger partial charge on any atom is 0.172 e. The van der Waals surface area contributed by atoms with Crippen molar-refractivity contribution in [3.8, 4) is 12.3 Å². The van der Waals surface area contributed by atoms with Crippen molar-refractivity contribution in [1.29, 1.82) is 0 Å². The van der Waals surface area contributed by atoms with Crippen molar-refractivity contribution >= 4 is 22.7 Å². The average Bonchev–Trinajstić information content (AvgIpc) is 3.21. The van der Waals surface area contributed by atoms with Gasteiger partial charge in [0, 0.05) is 6.54 Å². The van der Waals surface area contributed by atoms with Crippen LogP contribution >= 0.6 is 0 Å². The molecule has 0 radical (unpaired) electrons. The molecule has 1 aliphatic rings. The van der Waals surface area contributed by atoms with Crippen LogP contribution in [0.2, 0.25) is 0 Å². The lowest BCUT2D eigenvalue weighted by atomic mass is 10.3. The van der Waals surface area contributed by atoms with Gasteiger partial charge in [-0.3, -0.25) is 0 Å². The smallest absolute Gasteiger partial charge is 0.172 e. The third kappa shape index (κ3) is 2.45. The Hall–Kier alpha value is -2.28. The Morgan fingerprint density at radius 1 is 1.26 bits per heavy atom. The van der Waals surface area contributed by atoms with Crippen LogP contribution in [0.5, 0.6) is 0 Å². The van der Waals surface area contributed by atoms with Crippen LogP contribution in [-0.4, -0.2) is 23.1 Å². The molecule has 0 atom stereocenters. The van der Waals surface area contributed by atoms with Crippen molar-refractivity contribution in [1.82, 2.24) is 9.97 Å². The van der Waals surface area contributed by atoms with Gasteiger partial charge in [-0.15, -0.1) is 6.42 Å². The summed E-state index contributed by atoms with van der Waals surface area (Å²) in [4.78, 5) is 11.1. The van der Waals surface area contributed by atoms with E-state index in [-0.39, 0.29) is 0 Å². The fraction of sp³-hybridized carbons (Fsp3) is 0.333. The Morgan fingerprint density at radius 2 is 1.95 bits per heavy atom. The molecule has 4 nitrogen and oxygen atoms in total. The number of hydrogen-bond acceptors (Lipinski definition) is 4. The number of hydrogen-bond donors (Lipinski definition) is 1. The van der Waals surface area contributed by atoms with E-state index in [0.29, 0.717) is 18.2 Å². The molecule has 0 amide bonds. The lowest BCUT2D eigenvalue weighted by molar-refractivity contribution is 0.756. The van der Waals surface area contributed by atoms with Crippen LogP contribution < -0.4 is 10.6 Å². The standard InChI is InChI=1S/C15H16N4/c1-2-9-19(10-11-7-8-11)15-14(16)17-12-5-3-4-6-13(12)18-15/h1,3-6,11H,7-10H2,(H2,16,17). The second-order valence-corrected chi connectivity index (χ2v) is 4.95. The van der Waals surface area contributed by atoms with E-state index in [1.165, 1.54) is 12.8 Å². The second-order valence-electron chi connectivity index (χ2n) is 4.95. The molecule has 1 heterocycles. The fourth-order valence-corrected chi connectivity index (χ4v) is 2.19. The summed E-state index contributed by atoms with van der Waals surface area (Å²) in [6.45, 7) is 1.44. The van der Waals surface area contributed by atoms with Crippen LogP contribution in [0.3, 0.4) is 0 Å². The zero-order chi connectivity index (χ0) is 13.2. The number of nitrogens with two attached hydrogens (primary N) is 1. The monoisotopic (exact) mass is 252 g/mol. The molecule has 1 aliphatic carbocycles. The van der Waals surface area contributed by atoms with Gasteiger partial charge >= 0.3 is 0 Å². The van der Waals surface area contributed by atoms with Crippen LogP contribution in [0, 0.1) is 18.3 Å². The predicted octanol–water partition coefficient (Wildman–Crippen LogP) is 2.06. The first kappa shape index (κ1) is 11.8. The van der Waals surface area contributed by atoms with E-state index in [2.05, 4.69) is 20.8 Å². The van der Waals surface area contributed by atoms with Crippen LogP contribution in [0.4, 0.5) is 11.6 Å². The van der Waals surface area contributed by atoms with Crippen molar-refractivity contribution < 1.29 is 0 Å². The van der Waals surface area contributed by atoms with Crippen LogP contribution in [0.15, 0.2) is 24.3 Å². The molecule has 2 N–H and O–H groups in total. The zero-order valence-electron chi connectivity index (χ0n) is 10.7. The highest BCUT2D eigenvalue weighted by atomic mass is 15.2. The predicted molar refractivity (Wildman–Crippen MR) is 77.7 cm³/mol. The van der Waals surface area contributed by atoms with Gasteiger partial charge in [0.2, 0.25) is 0 Å². The first-order chi connectivity index (χ1) is 9.28. The van der Waals surface area contributed by atoms with Gasteiger partial charge in [-0.25, -0.2) is 9.97 Å². The number of nitrogens with zero attached hydrogens (tertiary/aromatic N) is 3. The van der Waals surface area contributed by atoms with E-state index in [1.807, 2.05) is 24.3 Å². The molecular weight excluding hydrogens is 236 g/mol. The molecule has 96 valence electrons. The van der Waals surface area contributed by atoms with E-state index in [9.17, 15) is 0 Å². The number of para-hydroxylation sites is 2. The Morgan fingerprint density at radius 3 is 2.58 bits per heavy atom. The number of anilines is 2. The molecule has 0 unspecified atom stereocenters. The van der Waals surface area contributed by atoms with E-state index in [4.69, 9.17) is 12.2 Å². The molecule has 3 rings (SSSR count). The van der Waals surface area contributed by atoms with Gasteiger partial charge in [0.25, 0.3) is 0 Å². The highest BCUT2D eigenvalue weighted by molar-refractivity contribution is 5.79. The lowest BCUT2D eigenvalue weighted by Crippen LogP contribution is -2.28. The zero-order valence-corrected chi connectivity index (χ0v) is 10.7. The SMILES string of the molecule is C#CCN(CC1CC1)c1nc2ccccc2nc1N. The van der Waals surface area contributed by atoms with Gasteiger partial charge in [0.05, 0.1) is 17.6 Å². The van der Waals surface area contributed by atoms with Gasteiger partial charge in [0.1, 0.15) is 0 Å². The van der Waals surface area contributed by atoms with Gasteiger partial charge in [-0.05, 0) is 30.9 Å². The summed E-state index contributed by atoms with van der Waals surface area (Å²) in [6.07, 6.45) is 7.98. The Balaban J connectivity index is 2.00. The first-order valence-electron chi connectivity index (χ1n) is 6.48. The molecule has 4 heteroatoms. The quantitative estimate of drug-likeness (QED) is 0.846. The summed E-state index contributed by atoms with van der Waals surface area (Å²) in [5.74, 6) is 4.57. The third-order valence-corrected chi connectivity index (χ3v) is 3.34. The second kappa shape index (κ2) is 4.77. The Kier molecular flexibility index (Phi) is 2.96. The molecule has 1 aromatic carbocycles. The molecule has 1 fully saturated rings. The van der Waals surface area contributed by atoms with Crippen molar-refractivity contribution in [3.63, 3.8) is 0 Å². The highest BCUT2D eigenvalue weighted by Gasteiger charge is 2.26. The maximum atomic E-state index is 6.03. The number of benzene rings is 1. The number of aromatic nitrogens is 2. The molecular formula is C15H16N4. The Labute approximate surface area is 112 Å². The maximum absolute atomic E-state index is 6.03. The molecule has 0 saturated heterocycles. The lowest BCUT2D eigenvalue weighted by Gasteiger charge is -2.22. The molecule has 1 saturated carbocycles. The minimum absolute atomic E-state index is 0.453. The normalized spacial score (nSPS) is 14.3. The number of fused-ring (bicyclic) bond motifs is 1. The number of terminal acetylenes is 1. The van der Waals surface area contributed by atoms with Gasteiger partial charge in [-0.1, -0.05) is 18.1 Å². The highest BCUT2D eigenvalue weighted by Crippen LogP contribution is 2.32.